The smallest absolute Gasteiger partial charge is 0.223 e. The minimum Gasteiger partial charge on any atom is -0.378 e. The lowest BCUT2D eigenvalue weighted by atomic mass is 9.95. The molecule has 4 rings (SSSR count). The summed E-state index contributed by atoms with van der Waals surface area (Å²) >= 11 is 0. The molecule has 0 aromatic carbocycles. The fraction of sp³-hybridized carbons (Fsp3) is 0.500. The lowest BCUT2D eigenvalue weighted by Crippen LogP contribution is -2.42. The van der Waals surface area contributed by atoms with Gasteiger partial charge >= 0.3 is 0 Å². The number of nitrogens with one attached hydrogen (secondary N) is 1. The van der Waals surface area contributed by atoms with E-state index in [1.54, 1.807) is 18.7 Å². The summed E-state index contributed by atoms with van der Waals surface area (Å²) in [5.41, 5.74) is 2.12. The van der Waals surface area contributed by atoms with Crippen molar-refractivity contribution in [3.8, 4) is 0 Å². The molecule has 4 heterocycles. The van der Waals surface area contributed by atoms with Crippen LogP contribution in [0, 0.1) is 5.92 Å². The van der Waals surface area contributed by atoms with E-state index in [9.17, 15) is 4.79 Å². The van der Waals surface area contributed by atoms with Gasteiger partial charge in [-0.3, -0.25) is 9.78 Å². The lowest BCUT2D eigenvalue weighted by Gasteiger charge is -2.36. The molecular weight excluding hydrogens is 356 g/mol. The van der Waals surface area contributed by atoms with E-state index in [1.165, 1.54) is 0 Å². The van der Waals surface area contributed by atoms with Crippen molar-refractivity contribution in [2.75, 3.05) is 49.2 Å². The summed E-state index contributed by atoms with van der Waals surface area (Å²) in [6.45, 7) is 5.35. The average Bonchev–Trinajstić information content (AvgIpc) is 2.79. The van der Waals surface area contributed by atoms with E-state index in [0.717, 1.165) is 69.3 Å². The molecule has 0 saturated carbocycles. The highest BCUT2D eigenvalue weighted by molar-refractivity contribution is 5.79. The van der Waals surface area contributed by atoms with Crippen LogP contribution in [0.4, 0.5) is 11.5 Å². The monoisotopic (exact) mass is 382 g/mol. The van der Waals surface area contributed by atoms with Crippen molar-refractivity contribution in [3.05, 3.63) is 42.6 Å². The van der Waals surface area contributed by atoms with Crippen molar-refractivity contribution in [2.24, 2.45) is 5.92 Å². The van der Waals surface area contributed by atoms with Gasteiger partial charge in [-0.1, -0.05) is 0 Å². The topological polar surface area (TPSA) is 83.5 Å². The molecule has 28 heavy (non-hydrogen) atoms. The molecule has 8 heteroatoms. The Morgan fingerprint density at radius 2 is 1.82 bits per heavy atom. The van der Waals surface area contributed by atoms with E-state index < -0.39 is 0 Å². The summed E-state index contributed by atoms with van der Waals surface area (Å²) < 4.78 is 5.46. The molecule has 2 aromatic rings. The molecule has 0 atom stereocenters. The second kappa shape index (κ2) is 8.97. The van der Waals surface area contributed by atoms with Gasteiger partial charge in [-0.05, 0) is 30.5 Å². The molecule has 148 valence electrons. The molecule has 0 radical (unpaired) electrons. The van der Waals surface area contributed by atoms with E-state index in [0.29, 0.717) is 6.54 Å². The number of nitrogens with zero attached hydrogens (tertiary/aromatic N) is 5. The quantitative estimate of drug-likeness (QED) is 0.833. The van der Waals surface area contributed by atoms with Crippen LogP contribution in [0.5, 0.6) is 0 Å². The summed E-state index contributed by atoms with van der Waals surface area (Å²) in [5, 5.41) is 3.05. The first kappa shape index (κ1) is 18.6. The number of hydrogen-bond donors (Lipinski definition) is 1. The lowest BCUT2D eigenvalue weighted by molar-refractivity contribution is -0.125. The standard InChI is InChI=1S/C20H26N6O2/c27-20(23-13-16-1-5-21-6-2-16)17-3-7-25(8-4-17)18-14-22-15-24-19(18)26-9-11-28-12-10-26/h1-2,5-6,14-15,17H,3-4,7-13H2,(H,23,27). The Morgan fingerprint density at radius 3 is 2.57 bits per heavy atom. The molecule has 1 N–H and O–H groups in total. The summed E-state index contributed by atoms with van der Waals surface area (Å²) in [7, 11) is 0. The number of hydrogen-bond acceptors (Lipinski definition) is 7. The Kier molecular flexibility index (Phi) is 5.96. The second-order valence-electron chi connectivity index (χ2n) is 7.17. The van der Waals surface area contributed by atoms with Gasteiger partial charge in [-0.2, -0.15) is 0 Å². The van der Waals surface area contributed by atoms with Crippen LogP contribution in [0.2, 0.25) is 0 Å². The number of amides is 1. The molecular formula is C20H26N6O2. The zero-order valence-corrected chi connectivity index (χ0v) is 16.0. The van der Waals surface area contributed by atoms with Crippen molar-refractivity contribution < 1.29 is 9.53 Å². The van der Waals surface area contributed by atoms with Gasteiger partial charge < -0.3 is 19.9 Å². The maximum Gasteiger partial charge on any atom is 0.223 e. The fourth-order valence-electron chi connectivity index (χ4n) is 3.77. The highest BCUT2D eigenvalue weighted by Gasteiger charge is 2.27. The zero-order chi connectivity index (χ0) is 19.2. The molecule has 2 saturated heterocycles. The van der Waals surface area contributed by atoms with Crippen molar-refractivity contribution in [2.45, 2.75) is 19.4 Å². The molecule has 2 aromatic heterocycles. The van der Waals surface area contributed by atoms with E-state index in [4.69, 9.17) is 4.74 Å². The van der Waals surface area contributed by atoms with Crippen LogP contribution in [0.1, 0.15) is 18.4 Å². The third-order valence-electron chi connectivity index (χ3n) is 5.41. The minimum absolute atomic E-state index is 0.0505. The normalized spacial score (nSPS) is 18.1. The Bertz CT molecular complexity index is 773. The van der Waals surface area contributed by atoms with Gasteiger partial charge in [0.15, 0.2) is 5.82 Å². The van der Waals surface area contributed by atoms with Crippen molar-refractivity contribution in [1.29, 1.82) is 0 Å². The van der Waals surface area contributed by atoms with Gasteiger partial charge in [0.1, 0.15) is 6.33 Å². The molecule has 0 unspecified atom stereocenters. The van der Waals surface area contributed by atoms with Crippen LogP contribution in [0.25, 0.3) is 0 Å². The molecule has 2 aliphatic rings. The van der Waals surface area contributed by atoms with Crippen LogP contribution in [0.15, 0.2) is 37.1 Å². The van der Waals surface area contributed by atoms with Gasteiger partial charge in [0.25, 0.3) is 0 Å². The van der Waals surface area contributed by atoms with Crippen LogP contribution in [0.3, 0.4) is 0 Å². The maximum atomic E-state index is 12.5. The van der Waals surface area contributed by atoms with Gasteiger partial charge in [-0.25, -0.2) is 9.97 Å². The number of piperidine rings is 1. The van der Waals surface area contributed by atoms with Crippen molar-refractivity contribution in [1.82, 2.24) is 20.3 Å². The third-order valence-corrected chi connectivity index (χ3v) is 5.41. The summed E-state index contributed by atoms with van der Waals surface area (Å²) in [4.78, 5) is 29.9. The molecule has 0 spiro atoms. The molecule has 0 aliphatic carbocycles. The Morgan fingerprint density at radius 1 is 1.07 bits per heavy atom. The fourth-order valence-corrected chi connectivity index (χ4v) is 3.77. The van der Waals surface area contributed by atoms with Crippen LogP contribution in [-0.2, 0) is 16.1 Å². The van der Waals surface area contributed by atoms with E-state index >= 15 is 0 Å². The van der Waals surface area contributed by atoms with E-state index in [2.05, 4.69) is 30.1 Å². The number of aromatic nitrogens is 3. The number of carbonyl (C=O) groups excluding carboxylic acids is 1. The Hall–Kier alpha value is -2.74. The van der Waals surface area contributed by atoms with Crippen molar-refractivity contribution in [3.63, 3.8) is 0 Å². The first-order chi connectivity index (χ1) is 13.8. The highest BCUT2D eigenvalue weighted by Crippen LogP contribution is 2.30. The second-order valence-corrected chi connectivity index (χ2v) is 7.17. The van der Waals surface area contributed by atoms with Crippen molar-refractivity contribution >= 4 is 17.4 Å². The summed E-state index contributed by atoms with van der Waals surface area (Å²) in [6, 6.07) is 3.84. The first-order valence-electron chi connectivity index (χ1n) is 9.85. The Balaban J connectivity index is 1.33. The third kappa shape index (κ3) is 4.39. The molecule has 8 nitrogen and oxygen atoms in total. The minimum atomic E-state index is 0.0505. The number of morpholine rings is 1. The molecule has 1 amide bonds. The first-order valence-corrected chi connectivity index (χ1v) is 9.85. The predicted octanol–water partition coefficient (Wildman–Crippen LogP) is 1.24. The maximum absolute atomic E-state index is 12.5. The summed E-state index contributed by atoms with van der Waals surface area (Å²) in [6.07, 6.45) is 8.65. The SMILES string of the molecule is O=C(NCc1ccncc1)C1CCN(c2cncnc2N2CCOCC2)CC1. The number of ether oxygens (including phenoxy) is 1. The molecule has 2 fully saturated rings. The molecule has 0 bridgehead atoms. The van der Waals surface area contributed by atoms with E-state index in [-0.39, 0.29) is 11.8 Å². The molecule has 2 aliphatic heterocycles. The van der Waals surface area contributed by atoms with Crippen LogP contribution in [-0.4, -0.2) is 60.3 Å². The number of carbonyl (C=O) groups is 1. The number of anilines is 2. The van der Waals surface area contributed by atoms with Gasteiger partial charge in [0, 0.05) is 51.0 Å². The average molecular weight is 382 g/mol. The van der Waals surface area contributed by atoms with Gasteiger partial charge in [-0.15, -0.1) is 0 Å². The number of rotatable bonds is 5. The van der Waals surface area contributed by atoms with E-state index in [1.807, 2.05) is 18.3 Å². The van der Waals surface area contributed by atoms with Crippen LogP contribution >= 0.6 is 0 Å². The highest BCUT2D eigenvalue weighted by atomic mass is 16.5. The number of pyridine rings is 1. The zero-order valence-electron chi connectivity index (χ0n) is 16.0. The Labute approximate surface area is 164 Å². The van der Waals surface area contributed by atoms with Crippen LogP contribution < -0.4 is 15.1 Å². The summed E-state index contributed by atoms with van der Waals surface area (Å²) in [5.74, 6) is 1.16. The largest absolute Gasteiger partial charge is 0.378 e. The predicted molar refractivity (Wildman–Crippen MR) is 106 cm³/mol. The van der Waals surface area contributed by atoms with Gasteiger partial charge in [0.2, 0.25) is 5.91 Å². The van der Waals surface area contributed by atoms with Gasteiger partial charge in [0.05, 0.1) is 25.1 Å².